The standard InChI is InChI=1S/C14H23ClN4/c1-3-12-10-18(2)5-4-6-19(12)14-7-11(8-16)13(15)9-17-14/h7,9,12H,3-6,8,10,16H2,1-2H3. The first-order chi connectivity index (χ1) is 9.15. The SMILES string of the molecule is CCC1CN(C)CCCN1c1cc(CN)c(Cl)cn1. The number of hydrogen-bond donors (Lipinski definition) is 1. The number of likely N-dealkylation sites (N-methyl/N-ethyl adjacent to an activating group) is 1. The van der Waals surface area contributed by atoms with Crippen LogP contribution >= 0.6 is 11.6 Å². The van der Waals surface area contributed by atoms with E-state index in [1.807, 2.05) is 6.07 Å². The number of hydrogen-bond acceptors (Lipinski definition) is 4. The van der Waals surface area contributed by atoms with E-state index >= 15 is 0 Å². The first-order valence-electron chi connectivity index (χ1n) is 6.95. The summed E-state index contributed by atoms with van der Waals surface area (Å²) < 4.78 is 0. The topological polar surface area (TPSA) is 45.4 Å². The third-order valence-electron chi connectivity index (χ3n) is 3.81. The first kappa shape index (κ1) is 14.6. The highest BCUT2D eigenvalue weighted by Crippen LogP contribution is 2.24. The van der Waals surface area contributed by atoms with Crippen LogP contribution in [-0.2, 0) is 6.54 Å². The third-order valence-corrected chi connectivity index (χ3v) is 4.15. The Kier molecular flexibility index (Phi) is 5.02. The summed E-state index contributed by atoms with van der Waals surface area (Å²) in [4.78, 5) is 9.29. The van der Waals surface area contributed by atoms with Crippen LogP contribution < -0.4 is 10.6 Å². The van der Waals surface area contributed by atoms with Crippen LogP contribution in [0.2, 0.25) is 5.02 Å². The molecule has 19 heavy (non-hydrogen) atoms. The molecule has 0 saturated carbocycles. The van der Waals surface area contributed by atoms with Crippen molar-refractivity contribution in [2.45, 2.75) is 32.4 Å². The number of anilines is 1. The van der Waals surface area contributed by atoms with Gasteiger partial charge < -0.3 is 15.5 Å². The van der Waals surface area contributed by atoms with Crippen molar-refractivity contribution in [3.05, 3.63) is 22.8 Å². The van der Waals surface area contributed by atoms with Gasteiger partial charge in [-0.2, -0.15) is 0 Å². The Bertz CT molecular complexity index is 424. The molecule has 1 saturated heterocycles. The van der Waals surface area contributed by atoms with Crippen molar-refractivity contribution in [1.82, 2.24) is 9.88 Å². The van der Waals surface area contributed by atoms with E-state index in [9.17, 15) is 0 Å². The number of nitrogens with zero attached hydrogens (tertiary/aromatic N) is 3. The van der Waals surface area contributed by atoms with Crippen molar-refractivity contribution in [3.8, 4) is 0 Å². The predicted molar refractivity (Wildman–Crippen MR) is 80.7 cm³/mol. The van der Waals surface area contributed by atoms with E-state index in [-0.39, 0.29) is 0 Å². The molecule has 0 aliphatic carbocycles. The summed E-state index contributed by atoms with van der Waals surface area (Å²) in [5.41, 5.74) is 6.70. The zero-order chi connectivity index (χ0) is 13.8. The lowest BCUT2D eigenvalue weighted by molar-refractivity contribution is 0.327. The molecule has 2 heterocycles. The summed E-state index contributed by atoms with van der Waals surface area (Å²) in [6.07, 6.45) is 4.00. The monoisotopic (exact) mass is 282 g/mol. The largest absolute Gasteiger partial charge is 0.352 e. The molecule has 0 spiro atoms. The van der Waals surface area contributed by atoms with Gasteiger partial charge in [0.2, 0.25) is 0 Å². The summed E-state index contributed by atoms with van der Waals surface area (Å²) in [7, 11) is 2.19. The molecule has 1 aliphatic heterocycles. The molecule has 4 nitrogen and oxygen atoms in total. The van der Waals surface area contributed by atoms with Gasteiger partial charge in [-0.3, -0.25) is 0 Å². The van der Waals surface area contributed by atoms with Crippen molar-refractivity contribution >= 4 is 17.4 Å². The molecule has 1 aromatic heterocycles. The Balaban J connectivity index is 2.27. The van der Waals surface area contributed by atoms with E-state index in [0.29, 0.717) is 17.6 Å². The Morgan fingerprint density at radius 3 is 2.95 bits per heavy atom. The quantitative estimate of drug-likeness (QED) is 0.922. The smallest absolute Gasteiger partial charge is 0.129 e. The van der Waals surface area contributed by atoms with Crippen LogP contribution in [0.15, 0.2) is 12.3 Å². The van der Waals surface area contributed by atoms with Gasteiger partial charge in [0.15, 0.2) is 0 Å². The minimum absolute atomic E-state index is 0.457. The molecule has 0 bridgehead atoms. The number of halogens is 1. The molecular formula is C14H23ClN4. The summed E-state index contributed by atoms with van der Waals surface area (Å²) in [5.74, 6) is 1.01. The van der Waals surface area contributed by atoms with E-state index in [4.69, 9.17) is 17.3 Å². The summed E-state index contributed by atoms with van der Waals surface area (Å²) in [6.45, 7) is 5.96. The van der Waals surface area contributed by atoms with E-state index < -0.39 is 0 Å². The molecule has 106 valence electrons. The fourth-order valence-corrected chi connectivity index (χ4v) is 2.86. The third kappa shape index (κ3) is 3.38. The molecule has 1 unspecified atom stereocenters. The molecule has 2 rings (SSSR count). The highest BCUT2D eigenvalue weighted by Gasteiger charge is 2.23. The molecule has 1 atom stereocenters. The van der Waals surface area contributed by atoms with E-state index in [1.54, 1.807) is 6.20 Å². The first-order valence-corrected chi connectivity index (χ1v) is 7.33. The van der Waals surface area contributed by atoms with Gasteiger partial charge in [-0.15, -0.1) is 0 Å². The number of aromatic nitrogens is 1. The fraction of sp³-hybridized carbons (Fsp3) is 0.643. The second-order valence-electron chi connectivity index (χ2n) is 5.21. The van der Waals surface area contributed by atoms with Gasteiger partial charge in [0.25, 0.3) is 0 Å². The van der Waals surface area contributed by atoms with E-state index in [1.165, 1.54) is 0 Å². The maximum Gasteiger partial charge on any atom is 0.129 e. The normalized spacial score (nSPS) is 21.5. The molecular weight excluding hydrogens is 260 g/mol. The fourth-order valence-electron chi connectivity index (χ4n) is 2.68. The van der Waals surface area contributed by atoms with Gasteiger partial charge in [0, 0.05) is 31.9 Å². The van der Waals surface area contributed by atoms with Gasteiger partial charge in [0.1, 0.15) is 5.82 Å². The van der Waals surface area contributed by atoms with Crippen molar-refractivity contribution in [2.75, 3.05) is 31.6 Å². The summed E-state index contributed by atoms with van der Waals surface area (Å²) in [6, 6.07) is 2.54. The van der Waals surface area contributed by atoms with Crippen molar-refractivity contribution in [3.63, 3.8) is 0 Å². The van der Waals surface area contributed by atoms with Crippen molar-refractivity contribution < 1.29 is 0 Å². The Morgan fingerprint density at radius 2 is 2.26 bits per heavy atom. The van der Waals surface area contributed by atoms with Gasteiger partial charge in [-0.25, -0.2) is 4.98 Å². The maximum atomic E-state index is 6.09. The minimum atomic E-state index is 0.457. The van der Waals surface area contributed by atoms with Crippen LogP contribution in [0.4, 0.5) is 5.82 Å². The number of nitrogens with two attached hydrogens (primary N) is 1. The maximum absolute atomic E-state index is 6.09. The van der Waals surface area contributed by atoms with Crippen LogP contribution in [0.1, 0.15) is 25.3 Å². The highest BCUT2D eigenvalue weighted by atomic mass is 35.5. The van der Waals surface area contributed by atoms with Crippen molar-refractivity contribution in [1.29, 1.82) is 0 Å². The van der Waals surface area contributed by atoms with Crippen LogP contribution in [-0.4, -0.2) is 42.6 Å². The van der Waals surface area contributed by atoms with Gasteiger partial charge in [-0.05, 0) is 38.1 Å². The molecule has 0 amide bonds. The average Bonchev–Trinajstić information content (AvgIpc) is 2.60. The highest BCUT2D eigenvalue weighted by molar-refractivity contribution is 6.31. The summed E-state index contributed by atoms with van der Waals surface area (Å²) >= 11 is 6.09. The van der Waals surface area contributed by atoms with Crippen molar-refractivity contribution in [2.24, 2.45) is 5.73 Å². The predicted octanol–water partition coefficient (Wildman–Crippen LogP) is 2.11. The minimum Gasteiger partial charge on any atom is -0.352 e. The van der Waals surface area contributed by atoms with Gasteiger partial charge in [-0.1, -0.05) is 18.5 Å². The average molecular weight is 283 g/mol. The number of pyridine rings is 1. The summed E-state index contributed by atoms with van der Waals surface area (Å²) in [5, 5.41) is 0.659. The lowest BCUT2D eigenvalue weighted by Gasteiger charge is -2.31. The molecule has 1 aliphatic rings. The van der Waals surface area contributed by atoms with E-state index in [0.717, 1.165) is 43.9 Å². The van der Waals surface area contributed by atoms with Gasteiger partial charge >= 0.3 is 0 Å². The van der Waals surface area contributed by atoms with Crippen LogP contribution in [0, 0.1) is 0 Å². The molecule has 2 N–H and O–H groups in total. The molecule has 1 aromatic rings. The van der Waals surface area contributed by atoms with Gasteiger partial charge in [0.05, 0.1) is 5.02 Å². The number of rotatable bonds is 3. The Labute approximate surface area is 120 Å². The van der Waals surface area contributed by atoms with E-state index in [2.05, 4.69) is 28.8 Å². The molecule has 5 heteroatoms. The Morgan fingerprint density at radius 1 is 1.47 bits per heavy atom. The van der Waals surface area contributed by atoms with Crippen LogP contribution in [0.3, 0.4) is 0 Å². The lowest BCUT2D eigenvalue weighted by Crippen LogP contribution is -2.40. The zero-order valence-corrected chi connectivity index (χ0v) is 12.5. The lowest BCUT2D eigenvalue weighted by atomic mass is 10.1. The molecule has 1 fully saturated rings. The second kappa shape index (κ2) is 6.55. The second-order valence-corrected chi connectivity index (χ2v) is 5.62. The Hall–Kier alpha value is -0.840. The molecule has 0 aromatic carbocycles. The molecule has 0 radical (unpaired) electrons. The zero-order valence-electron chi connectivity index (χ0n) is 11.8. The van der Waals surface area contributed by atoms with Crippen LogP contribution in [0.5, 0.6) is 0 Å². The van der Waals surface area contributed by atoms with Crippen LogP contribution in [0.25, 0.3) is 0 Å².